The molecule has 0 saturated heterocycles. The molecule has 0 aromatic rings. The molecule has 0 aromatic carbocycles. The fraction of sp³-hybridized carbons (Fsp3) is 0.722. The third-order valence-corrected chi connectivity index (χ3v) is 3.56. The largest absolute Gasteiger partial charge is 0.481 e. The Morgan fingerprint density at radius 1 is 1.00 bits per heavy atom. The fourth-order valence-corrected chi connectivity index (χ4v) is 2.16. The van der Waals surface area contributed by atoms with E-state index in [1.807, 2.05) is 6.08 Å². The monoisotopic (exact) mass is 312 g/mol. The summed E-state index contributed by atoms with van der Waals surface area (Å²) in [5.41, 5.74) is 0. The van der Waals surface area contributed by atoms with Crippen LogP contribution in [0, 0.1) is 0 Å². The average molecular weight is 312 g/mol. The predicted octanol–water partition coefficient (Wildman–Crippen LogP) is 3.83. The van der Waals surface area contributed by atoms with Crippen molar-refractivity contribution < 1.29 is 20.1 Å². The molecule has 0 aliphatic heterocycles. The topological polar surface area (TPSA) is 77.8 Å². The van der Waals surface area contributed by atoms with Crippen LogP contribution in [-0.4, -0.2) is 33.5 Å². The molecule has 128 valence electrons. The van der Waals surface area contributed by atoms with E-state index in [1.54, 1.807) is 18.2 Å². The third-order valence-electron chi connectivity index (χ3n) is 3.56. The summed E-state index contributed by atoms with van der Waals surface area (Å²) < 4.78 is 0. The molecule has 3 N–H and O–H groups in total. The molecule has 0 radical (unpaired) electrons. The molecule has 4 heteroatoms. The summed E-state index contributed by atoms with van der Waals surface area (Å²) >= 11 is 0. The molecule has 0 aromatic heterocycles. The van der Waals surface area contributed by atoms with E-state index in [9.17, 15) is 15.0 Å². The Balaban J connectivity index is 3.66. The zero-order chi connectivity index (χ0) is 16.6. The second-order valence-corrected chi connectivity index (χ2v) is 5.71. The molecule has 0 heterocycles. The van der Waals surface area contributed by atoms with Crippen LogP contribution < -0.4 is 0 Å². The summed E-state index contributed by atoms with van der Waals surface area (Å²) in [6, 6.07) is 0. The number of unbranched alkanes of at least 4 members (excludes halogenated alkanes) is 6. The third kappa shape index (κ3) is 13.8. The van der Waals surface area contributed by atoms with E-state index in [2.05, 4.69) is 6.92 Å². The van der Waals surface area contributed by atoms with Crippen molar-refractivity contribution >= 4 is 5.97 Å². The normalized spacial score (nSPS) is 14.7. The predicted molar refractivity (Wildman–Crippen MR) is 89.8 cm³/mol. The Morgan fingerprint density at radius 2 is 1.68 bits per heavy atom. The molecule has 0 aliphatic rings. The number of rotatable bonds is 14. The Morgan fingerprint density at radius 3 is 2.36 bits per heavy atom. The van der Waals surface area contributed by atoms with E-state index in [0.29, 0.717) is 19.3 Å². The van der Waals surface area contributed by atoms with Crippen molar-refractivity contribution in [3.8, 4) is 0 Å². The molecule has 0 spiro atoms. The number of allylic oxidation sites excluding steroid dienone is 3. The molecule has 4 nitrogen and oxygen atoms in total. The van der Waals surface area contributed by atoms with Crippen LogP contribution in [-0.2, 0) is 4.79 Å². The number of carbonyl (C=O) groups is 1. The summed E-state index contributed by atoms with van der Waals surface area (Å²) in [5.74, 6) is -0.780. The van der Waals surface area contributed by atoms with E-state index in [0.717, 1.165) is 12.8 Å². The first-order valence-corrected chi connectivity index (χ1v) is 8.49. The van der Waals surface area contributed by atoms with Crippen molar-refractivity contribution in [3.63, 3.8) is 0 Å². The zero-order valence-electron chi connectivity index (χ0n) is 13.8. The van der Waals surface area contributed by atoms with Crippen molar-refractivity contribution in [1.29, 1.82) is 0 Å². The van der Waals surface area contributed by atoms with Gasteiger partial charge in [0.05, 0.1) is 12.2 Å². The van der Waals surface area contributed by atoms with Crippen LogP contribution in [0.2, 0.25) is 0 Å². The summed E-state index contributed by atoms with van der Waals surface area (Å²) in [7, 11) is 0. The first kappa shape index (κ1) is 20.9. The van der Waals surface area contributed by atoms with Crippen LogP contribution in [0.25, 0.3) is 0 Å². The maximum Gasteiger partial charge on any atom is 0.303 e. The number of hydrogen-bond acceptors (Lipinski definition) is 3. The summed E-state index contributed by atoms with van der Waals surface area (Å²) in [5, 5.41) is 28.1. The molecule has 0 rings (SSSR count). The van der Waals surface area contributed by atoms with Crippen molar-refractivity contribution in [3.05, 3.63) is 24.3 Å². The minimum atomic E-state index is -0.834. The van der Waals surface area contributed by atoms with E-state index >= 15 is 0 Å². The standard InChI is InChI=1S/C18H32O4/c1-2-3-4-5-7-10-13-16(19)17(20)14-11-8-6-9-12-15-18(21)22/h6,8,11,14,16-17,19-20H,2-5,7,9-10,12-13,15H2,1H3,(H,21,22)/b8-6-,14-11+/t16-,17+/m1/s1. The highest BCUT2D eigenvalue weighted by Crippen LogP contribution is 2.11. The fourth-order valence-electron chi connectivity index (χ4n) is 2.16. The van der Waals surface area contributed by atoms with Gasteiger partial charge in [-0.1, -0.05) is 69.8 Å². The summed E-state index contributed by atoms with van der Waals surface area (Å²) in [6.07, 6.45) is 14.5. The van der Waals surface area contributed by atoms with Gasteiger partial charge in [-0.3, -0.25) is 4.79 Å². The van der Waals surface area contributed by atoms with Gasteiger partial charge in [-0.05, 0) is 19.3 Å². The highest BCUT2D eigenvalue weighted by molar-refractivity contribution is 5.66. The first-order valence-electron chi connectivity index (χ1n) is 8.49. The van der Waals surface area contributed by atoms with Gasteiger partial charge in [0.2, 0.25) is 0 Å². The number of aliphatic carboxylic acids is 1. The summed E-state index contributed by atoms with van der Waals surface area (Å²) in [4.78, 5) is 10.3. The smallest absolute Gasteiger partial charge is 0.303 e. The van der Waals surface area contributed by atoms with E-state index < -0.39 is 18.2 Å². The maximum absolute atomic E-state index is 10.3. The second kappa shape index (κ2) is 14.8. The minimum Gasteiger partial charge on any atom is -0.481 e. The molecule has 22 heavy (non-hydrogen) atoms. The van der Waals surface area contributed by atoms with E-state index in [1.165, 1.54) is 25.7 Å². The Hall–Kier alpha value is -1.13. The van der Waals surface area contributed by atoms with Crippen LogP contribution in [0.1, 0.15) is 71.1 Å². The molecule has 2 atom stereocenters. The number of hydrogen-bond donors (Lipinski definition) is 3. The van der Waals surface area contributed by atoms with Gasteiger partial charge >= 0.3 is 5.97 Å². The quantitative estimate of drug-likeness (QED) is 0.336. The number of aliphatic hydroxyl groups is 2. The maximum atomic E-state index is 10.3. The average Bonchev–Trinajstić information content (AvgIpc) is 2.49. The lowest BCUT2D eigenvalue weighted by Crippen LogP contribution is -2.23. The zero-order valence-corrected chi connectivity index (χ0v) is 13.8. The van der Waals surface area contributed by atoms with Crippen LogP contribution >= 0.6 is 0 Å². The Bertz CT molecular complexity index is 323. The second-order valence-electron chi connectivity index (χ2n) is 5.71. The minimum absolute atomic E-state index is 0.174. The number of carboxylic acid groups (broad SMARTS) is 1. The molecule has 0 saturated carbocycles. The lowest BCUT2D eigenvalue weighted by atomic mass is 10.0. The Labute approximate surface area is 134 Å². The molecule has 0 unspecified atom stereocenters. The van der Waals surface area contributed by atoms with Crippen LogP contribution in [0.4, 0.5) is 0 Å². The van der Waals surface area contributed by atoms with Gasteiger partial charge in [0.15, 0.2) is 0 Å². The lowest BCUT2D eigenvalue weighted by Gasteiger charge is -2.14. The first-order chi connectivity index (χ1) is 10.6. The van der Waals surface area contributed by atoms with Gasteiger partial charge < -0.3 is 15.3 Å². The van der Waals surface area contributed by atoms with Crippen LogP contribution in [0.5, 0.6) is 0 Å². The number of aliphatic hydroxyl groups excluding tert-OH is 2. The van der Waals surface area contributed by atoms with Gasteiger partial charge in [0, 0.05) is 6.42 Å². The van der Waals surface area contributed by atoms with Gasteiger partial charge in [0.1, 0.15) is 0 Å². The Kier molecular flexibility index (Phi) is 14.0. The molecular weight excluding hydrogens is 280 g/mol. The lowest BCUT2D eigenvalue weighted by molar-refractivity contribution is -0.137. The molecule has 0 amide bonds. The van der Waals surface area contributed by atoms with E-state index in [-0.39, 0.29) is 6.42 Å². The molecule has 0 aliphatic carbocycles. The molecular formula is C18H32O4. The highest BCUT2D eigenvalue weighted by atomic mass is 16.4. The van der Waals surface area contributed by atoms with Crippen molar-refractivity contribution in [1.82, 2.24) is 0 Å². The van der Waals surface area contributed by atoms with Gasteiger partial charge in [0.25, 0.3) is 0 Å². The van der Waals surface area contributed by atoms with Gasteiger partial charge in [-0.15, -0.1) is 0 Å². The van der Waals surface area contributed by atoms with Gasteiger partial charge in [-0.2, -0.15) is 0 Å². The summed E-state index contributed by atoms with van der Waals surface area (Å²) in [6.45, 7) is 2.19. The molecule has 0 fully saturated rings. The van der Waals surface area contributed by atoms with Crippen molar-refractivity contribution in [2.45, 2.75) is 83.3 Å². The SMILES string of the molecule is CCCCCCCC[C@@H](O)[C@@H](O)/C=C/C=C\CCCC(=O)O. The van der Waals surface area contributed by atoms with Crippen molar-refractivity contribution in [2.75, 3.05) is 0 Å². The highest BCUT2D eigenvalue weighted by Gasteiger charge is 2.11. The van der Waals surface area contributed by atoms with E-state index in [4.69, 9.17) is 5.11 Å². The van der Waals surface area contributed by atoms with Gasteiger partial charge in [-0.25, -0.2) is 0 Å². The number of carboxylic acids is 1. The van der Waals surface area contributed by atoms with Crippen LogP contribution in [0.15, 0.2) is 24.3 Å². The van der Waals surface area contributed by atoms with Crippen molar-refractivity contribution in [2.24, 2.45) is 0 Å². The van der Waals surface area contributed by atoms with Crippen LogP contribution in [0.3, 0.4) is 0 Å². The molecule has 0 bridgehead atoms.